The molecule has 9 nitrogen and oxygen atoms in total. The van der Waals surface area contributed by atoms with Gasteiger partial charge in [-0.2, -0.15) is 8.42 Å². The van der Waals surface area contributed by atoms with E-state index in [9.17, 15) is 22.8 Å². The van der Waals surface area contributed by atoms with Crippen LogP contribution in [-0.2, 0) is 26.1 Å². The number of hydrogen-bond acceptors (Lipinski definition) is 7. The summed E-state index contributed by atoms with van der Waals surface area (Å²) in [6.07, 6.45) is 3.05. The molecule has 0 aliphatic carbocycles. The third-order valence-electron chi connectivity index (χ3n) is 6.12. The molecule has 3 aromatic rings. The molecule has 1 fully saturated rings. The molecule has 0 spiro atoms. The van der Waals surface area contributed by atoms with Crippen LogP contribution in [0.1, 0.15) is 22.3 Å². The van der Waals surface area contributed by atoms with E-state index in [0.717, 1.165) is 16.0 Å². The van der Waals surface area contributed by atoms with E-state index in [1.165, 1.54) is 31.4 Å². The maximum atomic E-state index is 13.3. The zero-order valence-electron chi connectivity index (χ0n) is 21.6. The SMILES string of the molecule is C=CCc1cc(/C=C2\C(=O)NC(=O)N(c3ccc(C)c(C)c3)C2=O)cc(OC)c1OS(=O)(=O)c1ccccc1. The van der Waals surface area contributed by atoms with Crippen LogP contribution < -0.4 is 19.1 Å². The zero-order chi connectivity index (χ0) is 28.3. The number of aryl methyl sites for hydroxylation is 2. The summed E-state index contributed by atoms with van der Waals surface area (Å²) < 4.78 is 36.7. The van der Waals surface area contributed by atoms with Gasteiger partial charge in [0.2, 0.25) is 0 Å². The number of ether oxygens (including phenoxy) is 1. The van der Waals surface area contributed by atoms with Crippen LogP contribution in [0, 0.1) is 13.8 Å². The molecule has 0 radical (unpaired) electrons. The summed E-state index contributed by atoms with van der Waals surface area (Å²) in [5.41, 5.74) is 2.62. The number of methoxy groups -OCH3 is 1. The normalized spacial score (nSPS) is 14.8. The van der Waals surface area contributed by atoms with E-state index < -0.39 is 28.0 Å². The number of carbonyl (C=O) groups is 3. The van der Waals surface area contributed by atoms with Gasteiger partial charge >= 0.3 is 16.1 Å². The number of urea groups is 1. The van der Waals surface area contributed by atoms with Gasteiger partial charge in [0.15, 0.2) is 11.5 Å². The Balaban J connectivity index is 1.77. The second-order valence-corrected chi connectivity index (χ2v) is 10.3. The van der Waals surface area contributed by atoms with Crippen molar-refractivity contribution in [3.63, 3.8) is 0 Å². The number of hydrogen-bond donors (Lipinski definition) is 1. The van der Waals surface area contributed by atoms with E-state index in [1.807, 2.05) is 13.8 Å². The Morgan fingerprint density at radius 2 is 1.69 bits per heavy atom. The number of rotatable bonds is 8. The van der Waals surface area contributed by atoms with Gasteiger partial charge in [0, 0.05) is 5.56 Å². The number of allylic oxidation sites excluding steroid dienone is 1. The highest BCUT2D eigenvalue weighted by molar-refractivity contribution is 7.87. The van der Waals surface area contributed by atoms with E-state index >= 15 is 0 Å². The first-order chi connectivity index (χ1) is 18.6. The largest absolute Gasteiger partial charge is 0.493 e. The summed E-state index contributed by atoms with van der Waals surface area (Å²) in [6, 6.07) is 14.9. The van der Waals surface area contributed by atoms with Crippen LogP contribution >= 0.6 is 0 Å². The fraction of sp³-hybridized carbons (Fsp3) is 0.138. The Morgan fingerprint density at radius 3 is 2.33 bits per heavy atom. The molecule has 1 heterocycles. The summed E-state index contributed by atoms with van der Waals surface area (Å²) in [4.78, 5) is 39.5. The molecule has 0 atom stereocenters. The van der Waals surface area contributed by atoms with E-state index in [0.29, 0.717) is 16.8 Å². The minimum atomic E-state index is -4.19. The van der Waals surface area contributed by atoms with Crippen LogP contribution in [0.3, 0.4) is 0 Å². The van der Waals surface area contributed by atoms with Gasteiger partial charge < -0.3 is 8.92 Å². The number of carbonyl (C=O) groups excluding carboxylic acids is 3. The summed E-state index contributed by atoms with van der Waals surface area (Å²) in [5.74, 6) is -1.65. The van der Waals surface area contributed by atoms with Crippen molar-refractivity contribution in [1.82, 2.24) is 5.32 Å². The molecule has 3 aromatic carbocycles. The lowest BCUT2D eigenvalue weighted by molar-refractivity contribution is -0.122. The first kappa shape index (κ1) is 27.3. The number of imide groups is 2. The van der Waals surface area contributed by atoms with Crippen molar-refractivity contribution in [2.24, 2.45) is 0 Å². The fourth-order valence-electron chi connectivity index (χ4n) is 3.99. The first-order valence-electron chi connectivity index (χ1n) is 11.9. The highest BCUT2D eigenvalue weighted by atomic mass is 32.2. The van der Waals surface area contributed by atoms with Crippen molar-refractivity contribution in [3.8, 4) is 11.5 Å². The van der Waals surface area contributed by atoms with Crippen molar-refractivity contribution < 1.29 is 31.7 Å². The van der Waals surface area contributed by atoms with Gasteiger partial charge in [0.05, 0.1) is 12.8 Å². The Bertz CT molecular complexity index is 1630. The quantitative estimate of drug-likeness (QED) is 0.192. The molecule has 39 heavy (non-hydrogen) atoms. The Morgan fingerprint density at radius 1 is 0.974 bits per heavy atom. The molecule has 0 aromatic heterocycles. The van der Waals surface area contributed by atoms with E-state index in [-0.39, 0.29) is 28.4 Å². The van der Waals surface area contributed by atoms with Crippen LogP contribution in [0.4, 0.5) is 10.5 Å². The molecule has 0 bridgehead atoms. The molecular weight excluding hydrogens is 520 g/mol. The summed E-state index contributed by atoms with van der Waals surface area (Å²) >= 11 is 0. The van der Waals surface area contributed by atoms with Gasteiger partial charge in [-0.1, -0.05) is 30.3 Å². The van der Waals surface area contributed by atoms with E-state index in [4.69, 9.17) is 8.92 Å². The molecule has 0 unspecified atom stereocenters. The second kappa shape index (κ2) is 11.0. The predicted octanol–water partition coefficient (Wildman–Crippen LogP) is 4.47. The molecule has 1 N–H and O–H groups in total. The lowest BCUT2D eigenvalue weighted by atomic mass is 10.0. The van der Waals surface area contributed by atoms with E-state index in [1.54, 1.807) is 48.5 Å². The number of amides is 4. The Kier molecular flexibility index (Phi) is 7.68. The van der Waals surface area contributed by atoms with Crippen molar-refractivity contribution in [2.75, 3.05) is 12.0 Å². The van der Waals surface area contributed by atoms with Crippen LogP contribution in [-0.4, -0.2) is 33.4 Å². The predicted molar refractivity (Wildman–Crippen MR) is 146 cm³/mol. The summed E-state index contributed by atoms with van der Waals surface area (Å²) in [5, 5.41) is 2.20. The molecule has 4 rings (SSSR count). The van der Waals surface area contributed by atoms with Gasteiger partial charge in [0.25, 0.3) is 11.8 Å². The molecule has 200 valence electrons. The minimum Gasteiger partial charge on any atom is -0.493 e. The van der Waals surface area contributed by atoms with Crippen LogP contribution in [0.5, 0.6) is 11.5 Å². The van der Waals surface area contributed by atoms with Crippen molar-refractivity contribution >= 4 is 39.7 Å². The summed E-state index contributed by atoms with van der Waals surface area (Å²) in [6.45, 7) is 7.47. The maximum Gasteiger partial charge on any atom is 0.339 e. The van der Waals surface area contributed by atoms with Crippen molar-refractivity contribution in [3.05, 3.63) is 101 Å². The maximum absolute atomic E-state index is 13.3. The van der Waals surface area contributed by atoms with Crippen molar-refractivity contribution in [1.29, 1.82) is 0 Å². The van der Waals surface area contributed by atoms with Crippen LogP contribution in [0.25, 0.3) is 6.08 Å². The van der Waals surface area contributed by atoms with Crippen LogP contribution in [0.15, 0.2) is 83.8 Å². The van der Waals surface area contributed by atoms with Gasteiger partial charge in [-0.25, -0.2) is 9.69 Å². The molecule has 1 aliphatic heterocycles. The lowest BCUT2D eigenvalue weighted by Crippen LogP contribution is -2.54. The van der Waals surface area contributed by atoms with Crippen molar-refractivity contribution in [2.45, 2.75) is 25.2 Å². The highest BCUT2D eigenvalue weighted by Crippen LogP contribution is 2.37. The number of benzene rings is 3. The monoisotopic (exact) mass is 546 g/mol. The Labute approximate surface area is 226 Å². The minimum absolute atomic E-state index is 0.0385. The number of nitrogens with zero attached hydrogens (tertiary/aromatic N) is 1. The molecule has 10 heteroatoms. The van der Waals surface area contributed by atoms with Gasteiger partial charge in [-0.3, -0.25) is 14.9 Å². The standard InChI is InChI=1S/C29H26N2O7S/c1-5-9-21-15-20(17-25(37-4)26(21)38-39(35,36)23-10-7-6-8-11-23)16-24-27(32)30-29(34)31(28(24)33)22-13-12-18(2)19(3)14-22/h5-8,10-17H,1,9H2,2-4H3,(H,30,32,34)/b24-16+. The Hall–Kier alpha value is -4.70. The van der Waals surface area contributed by atoms with Gasteiger partial charge in [-0.05, 0) is 79.4 Å². The van der Waals surface area contributed by atoms with Gasteiger partial charge in [0.1, 0.15) is 10.5 Å². The average Bonchev–Trinajstić information content (AvgIpc) is 2.90. The molecule has 0 saturated carbocycles. The molecule has 1 saturated heterocycles. The lowest BCUT2D eigenvalue weighted by Gasteiger charge is -2.27. The average molecular weight is 547 g/mol. The van der Waals surface area contributed by atoms with Crippen LogP contribution in [0.2, 0.25) is 0 Å². The topological polar surface area (TPSA) is 119 Å². The third kappa shape index (κ3) is 5.60. The second-order valence-electron chi connectivity index (χ2n) is 8.78. The number of nitrogens with one attached hydrogen (secondary N) is 1. The number of barbiturate groups is 1. The first-order valence-corrected chi connectivity index (χ1v) is 13.3. The fourth-order valence-corrected chi connectivity index (χ4v) is 4.98. The van der Waals surface area contributed by atoms with E-state index in [2.05, 4.69) is 11.9 Å². The molecular formula is C29H26N2O7S. The number of anilines is 1. The zero-order valence-corrected chi connectivity index (χ0v) is 22.4. The smallest absolute Gasteiger partial charge is 0.339 e. The third-order valence-corrected chi connectivity index (χ3v) is 7.36. The summed E-state index contributed by atoms with van der Waals surface area (Å²) in [7, 11) is -2.85. The highest BCUT2D eigenvalue weighted by Gasteiger charge is 2.37. The van der Waals surface area contributed by atoms with Gasteiger partial charge in [-0.15, -0.1) is 6.58 Å². The molecule has 1 aliphatic rings. The molecule has 4 amide bonds.